The molecule has 0 aliphatic heterocycles. The van der Waals surface area contributed by atoms with E-state index in [1.165, 1.54) is 6.07 Å². The highest BCUT2D eigenvalue weighted by molar-refractivity contribution is 7.80. The van der Waals surface area contributed by atoms with Gasteiger partial charge in [0, 0.05) is 28.2 Å². The summed E-state index contributed by atoms with van der Waals surface area (Å²) >= 11 is -2.53. The van der Waals surface area contributed by atoms with Crippen molar-refractivity contribution in [2.24, 2.45) is 0 Å². The molecule has 0 bridgehead atoms. The van der Waals surface area contributed by atoms with E-state index in [2.05, 4.69) is 4.72 Å². The van der Waals surface area contributed by atoms with E-state index in [9.17, 15) is 13.2 Å². The van der Waals surface area contributed by atoms with Crippen LogP contribution in [0.4, 0.5) is 21.5 Å². The van der Waals surface area contributed by atoms with Crippen molar-refractivity contribution in [3.05, 3.63) is 111 Å². The molecule has 184 valence electrons. The van der Waals surface area contributed by atoms with Crippen LogP contribution in [0.25, 0.3) is 11.1 Å². The van der Waals surface area contributed by atoms with Gasteiger partial charge in [0.1, 0.15) is 5.82 Å². The Balaban J connectivity index is 2.02. The lowest BCUT2D eigenvalue weighted by molar-refractivity contribution is 0.542. The molecule has 4 aromatic carbocycles. The highest BCUT2D eigenvalue weighted by Gasteiger charge is 2.47. The number of nitrogens with two attached hydrogens (primary N) is 2. The summed E-state index contributed by atoms with van der Waals surface area (Å²) in [5.74, 6) is -0.374. The zero-order valence-electron chi connectivity index (χ0n) is 20.5. The molecule has 1 aliphatic rings. The third kappa shape index (κ3) is 3.42. The van der Waals surface area contributed by atoms with Crippen LogP contribution in [0.1, 0.15) is 44.5 Å². The van der Waals surface area contributed by atoms with Crippen LogP contribution in [0.15, 0.2) is 60.7 Å². The first-order valence-corrected chi connectivity index (χ1v) is 12.7. The summed E-state index contributed by atoms with van der Waals surface area (Å²) in [5, 5.41) is 0. The minimum Gasteiger partial charge on any atom is -0.755 e. The Morgan fingerprint density at radius 3 is 1.83 bits per heavy atom. The highest BCUT2D eigenvalue weighted by Crippen LogP contribution is 2.58. The first-order valence-electron chi connectivity index (χ1n) is 11.6. The summed E-state index contributed by atoms with van der Waals surface area (Å²) < 4.78 is 40.9. The maximum atomic E-state index is 15.0. The molecule has 0 heterocycles. The van der Waals surface area contributed by atoms with Gasteiger partial charge in [0.2, 0.25) is 0 Å². The Morgan fingerprint density at radius 2 is 1.33 bits per heavy atom. The van der Waals surface area contributed by atoms with E-state index in [0.717, 1.165) is 55.6 Å². The van der Waals surface area contributed by atoms with Gasteiger partial charge in [-0.25, -0.2) is 4.39 Å². The Hall–Kier alpha value is -3.68. The number of hydrogen-bond donors (Lipinski definition) is 3. The predicted molar refractivity (Wildman–Crippen MR) is 144 cm³/mol. The maximum Gasteiger partial charge on any atom is 0.123 e. The number of fused-ring (bicyclic) bond motifs is 3. The number of aryl methyl sites for hydroxylation is 4. The van der Waals surface area contributed by atoms with Crippen LogP contribution in [0, 0.1) is 33.5 Å². The second-order valence-corrected chi connectivity index (χ2v) is 10.2. The van der Waals surface area contributed by atoms with Gasteiger partial charge in [0.25, 0.3) is 0 Å². The van der Waals surface area contributed by atoms with Crippen molar-refractivity contribution in [3.63, 3.8) is 0 Å². The van der Waals surface area contributed by atoms with Crippen LogP contribution in [0.5, 0.6) is 0 Å². The molecule has 0 saturated carbocycles. The molecule has 1 aliphatic carbocycles. The van der Waals surface area contributed by atoms with Crippen molar-refractivity contribution in [2.45, 2.75) is 33.1 Å². The van der Waals surface area contributed by atoms with Gasteiger partial charge in [-0.2, -0.15) is 0 Å². The summed E-state index contributed by atoms with van der Waals surface area (Å²) in [5.41, 5.74) is 22.1. The lowest BCUT2D eigenvalue weighted by Gasteiger charge is -2.35. The van der Waals surface area contributed by atoms with Crippen molar-refractivity contribution >= 4 is 28.3 Å². The van der Waals surface area contributed by atoms with Gasteiger partial charge < -0.3 is 20.7 Å². The lowest BCUT2D eigenvalue weighted by Crippen LogP contribution is -2.29. The van der Waals surface area contributed by atoms with Gasteiger partial charge in [0.15, 0.2) is 0 Å². The molecule has 0 amide bonds. The number of benzene rings is 4. The van der Waals surface area contributed by atoms with E-state index < -0.39 is 16.7 Å². The number of nitrogen functional groups attached to an aromatic ring is 2. The Kier molecular flexibility index (Phi) is 5.65. The van der Waals surface area contributed by atoms with Gasteiger partial charge in [-0.15, -0.1) is 0 Å². The Labute approximate surface area is 212 Å². The quantitative estimate of drug-likeness (QED) is 0.214. The number of anilines is 3. The average Bonchev–Trinajstić information content (AvgIpc) is 3.11. The summed E-state index contributed by atoms with van der Waals surface area (Å²) in [6.07, 6.45) is 0. The second-order valence-electron chi connectivity index (χ2n) is 9.55. The van der Waals surface area contributed by atoms with E-state index >= 15 is 0 Å². The van der Waals surface area contributed by atoms with E-state index in [1.54, 1.807) is 18.2 Å². The first kappa shape index (κ1) is 24.0. The predicted octanol–water partition coefficient (Wildman–Crippen LogP) is 5.79. The monoisotopic (exact) mass is 500 g/mol. The van der Waals surface area contributed by atoms with Crippen LogP contribution in [-0.2, 0) is 16.7 Å². The second kappa shape index (κ2) is 8.47. The number of nitrogens with one attached hydrogen (secondary N) is 1. The van der Waals surface area contributed by atoms with Crippen molar-refractivity contribution in [1.82, 2.24) is 0 Å². The Bertz CT molecular complexity index is 1480. The average molecular weight is 501 g/mol. The fourth-order valence-electron chi connectivity index (χ4n) is 5.69. The SMILES string of the molecule is Cc1cc(C2(c3cc(C)c(N)c(C)c3)c3cc(F)ccc3-c3c(NS(=O)[O-])cccc32)cc(C)c1N. The summed E-state index contributed by atoms with van der Waals surface area (Å²) in [7, 11) is 0. The number of hydrogen-bond acceptors (Lipinski definition) is 4. The van der Waals surface area contributed by atoms with Crippen molar-refractivity contribution in [1.29, 1.82) is 0 Å². The molecule has 4 aromatic rings. The molecule has 7 heteroatoms. The minimum atomic E-state index is -2.53. The Morgan fingerprint density at radius 1 is 0.806 bits per heavy atom. The van der Waals surface area contributed by atoms with Crippen LogP contribution in [0.2, 0.25) is 0 Å². The molecule has 0 radical (unpaired) electrons. The fraction of sp³-hybridized carbons (Fsp3) is 0.172. The van der Waals surface area contributed by atoms with Crippen molar-refractivity contribution < 1.29 is 13.2 Å². The van der Waals surface area contributed by atoms with Gasteiger partial charge in [-0.3, -0.25) is 4.21 Å². The van der Waals surface area contributed by atoms with Crippen LogP contribution >= 0.6 is 0 Å². The zero-order valence-corrected chi connectivity index (χ0v) is 21.3. The lowest BCUT2D eigenvalue weighted by atomic mass is 9.66. The molecule has 0 saturated heterocycles. The maximum absolute atomic E-state index is 15.0. The standard InChI is InChI=1S/C29H28FN3O2S/c1-15-10-19(11-16(2)27(15)31)29(20-12-17(3)28(32)18(4)13-20)23-6-5-7-25(33-36(34)35)26(23)22-9-8-21(30)14-24(22)29/h5-14,33H,31-32H2,1-4H3,(H,34,35)/p-1. The normalized spacial score (nSPS) is 14.3. The minimum absolute atomic E-state index is 0.374. The van der Waals surface area contributed by atoms with Gasteiger partial charge in [0.05, 0.1) is 11.1 Å². The zero-order chi connectivity index (χ0) is 25.9. The fourth-order valence-corrected chi connectivity index (χ4v) is 6.04. The van der Waals surface area contributed by atoms with Gasteiger partial charge in [-0.1, -0.05) is 42.5 Å². The molecule has 0 spiro atoms. The van der Waals surface area contributed by atoms with E-state index in [-0.39, 0.29) is 5.82 Å². The van der Waals surface area contributed by atoms with E-state index in [4.69, 9.17) is 11.5 Å². The molecule has 5 N–H and O–H groups in total. The molecule has 5 nitrogen and oxygen atoms in total. The van der Waals surface area contributed by atoms with Crippen LogP contribution in [-0.4, -0.2) is 8.76 Å². The summed E-state index contributed by atoms with van der Waals surface area (Å²) in [6.45, 7) is 7.83. The third-order valence-corrected chi connectivity index (χ3v) is 7.76. The van der Waals surface area contributed by atoms with Crippen molar-refractivity contribution in [3.8, 4) is 11.1 Å². The van der Waals surface area contributed by atoms with Crippen molar-refractivity contribution in [2.75, 3.05) is 16.2 Å². The molecule has 0 aromatic heterocycles. The smallest absolute Gasteiger partial charge is 0.123 e. The molecule has 0 fully saturated rings. The summed E-state index contributed by atoms with van der Waals surface area (Å²) in [6, 6.07) is 18.4. The topological polar surface area (TPSA) is 104 Å². The van der Waals surface area contributed by atoms with Crippen LogP contribution < -0.4 is 16.2 Å². The largest absolute Gasteiger partial charge is 0.755 e. The first-order chi connectivity index (χ1) is 17.0. The molecule has 5 rings (SSSR count). The molecular formula is C29H27FN3O2S-. The van der Waals surface area contributed by atoms with E-state index in [0.29, 0.717) is 17.1 Å². The third-order valence-electron chi connectivity index (χ3n) is 7.37. The molecule has 1 atom stereocenters. The molecule has 1 unspecified atom stereocenters. The van der Waals surface area contributed by atoms with Gasteiger partial charge >= 0.3 is 0 Å². The molecule has 36 heavy (non-hydrogen) atoms. The van der Waals surface area contributed by atoms with E-state index in [1.807, 2.05) is 64.1 Å². The summed E-state index contributed by atoms with van der Waals surface area (Å²) in [4.78, 5) is 0. The number of halogens is 1. The molecular weight excluding hydrogens is 473 g/mol. The van der Waals surface area contributed by atoms with Crippen LogP contribution in [0.3, 0.4) is 0 Å². The number of rotatable bonds is 4. The van der Waals surface area contributed by atoms with Gasteiger partial charge in [-0.05, 0) is 96.0 Å². The highest BCUT2D eigenvalue weighted by atomic mass is 32.2.